The molecule has 6 heteroatoms. The summed E-state index contributed by atoms with van der Waals surface area (Å²) in [5.41, 5.74) is 3.20. The Labute approximate surface area is 160 Å². The van der Waals surface area contributed by atoms with Crippen LogP contribution in [-0.2, 0) is 17.9 Å². The molecule has 1 atom stereocenters. The lowest BCUT2D eigenvalue weighted by Gasteiger charge is -2.38. The van der Waals surface area contributed by atoms with Gasteiger partial charge in [-0.2, -0.15) is 0 Å². The number of aromatic nitrogens is 2. The molecule has 0 unspecified atom stereocenters. The number of nitrogens with zero attached hydrogens (tertiary/aromatic N) is 4. The number of aryl methyl sites for hydroxylation is 2. The third-order valence-corrected chi connectivity index (χ3v) is 6.31. The van der Waals surface area contributed by atoms with E-state index in [0.717, 1.165) is 62.3 Å². The van der Waals surface area contributed by atoms with Crippen LogP contribution in [-0.4, -0.2) is 44.5 Å². The summed E-state index contributed by atoms with van der Waals surface area (Å²) < 4.78 is 5.32. The maximum Gasteiger partial charge on any atom is 0.223 e. The van der Waals surface area contributed by atoms with Gasteiger partial charge in [0.1, 0.15) is 5.76 Å². The van der Waals surface area contributed by atoms with Crippen LogP contribution in [0.25, 0.3) is 0 Å². The van der Waals surface area contributed by atoms with Crippen molar-refractivity contribution in [1.29, 1.82) is 0 Å². The Hall–Kier alpha value is -2.21. The minimum atomic E-state index is -0.0169. The second kappa shape index (κ2) is 7.43. The van der Waals surface area contributed by atoms with Crippen LogP contribution in [0.15, 0.2) is 29.0 Å². The molecular weight excluding hydrogens is 340 g/mol. The Balaban J connectivity index is 1.49. The number of hydrogen-bond acceptors (Lipinski definition) is 5. The third kappa shape index (κ3) is 3.63. The smallest absolute Gasteiger partial charge is 0.223 e. The van der Waals surface area contributed by atoms with Crippen LogP contribution in [0.1, 0.15) is 54.7 Å². The summed E-state index contributed by atoms with van der Waals surface area (Å²) in [5.74, 6) is 1.10. The van der Waals surface area contributed by atoms with E-state index in [0.29, 0.717) is 13.0 Å². The molecule has 6 nitrogen and oxygen atoms in total. The van der Waals surface area contributed by atoms with Gasteiger partial charge < -0.3 is 9.42 Å². The van der Waals surface area contributed by atoms with E-state index in [1.165, 1.54) is 5.56 Å². The van der Waals surface area contributed by atoms with Gasteiger partial charge in [0.05, 0.1) is 12.2 Å². The number of rotatable bonds is 4. The fourth-order valence-corrected chi connectivity index (χ4v) is 4.68. The number of amides is 1. The van der Waals surface area contributed by atoms with Crippen molar-refractivity contribution in [3.63, 3.8) is 0 Å². The molecule has 1 amide bonds. The van der Waals surface area contributed by atoms with Gasteiger partial charge in [0.25, 0.3) is 0 Å². The van der Waals surface area contributed by atoms with Crippen LogP contribution in [0, 0.1) is 13.8 Å². The minimum absolute atomic E-state index is 0.0169. The molecule has 27 heavy (non-hydrogen) atoms. The Morgan fingerprint density at radius 1 is 1.19 bits per heavy atom. The van der Waals surface area contributed by atoms with Crippen LogP contribution >= 0.6 is 0 Å². The van der Waals surface area contributed by atoms with E-state index in [1.807, 2.05) is 32.3 Å². The van der Waals surface area contributed by atoms with E-state index in [1.54, 1.807) is 0 Å². The normalized spacial score (nSPS) is 23.9. The van der Waals surface area contributed by atoms with Crippen LogP contribution in [0.2, 0.25) is 0 Å². The highest BCUT2D eigenvalue weighted by Crippen LogP contribution is 2.40. The summed E-state index contributed by atoms with van der Waals surface area (Å²) in [4.78, 5) is 21.6. The summed E-state index contributed by atoms with van der Waals surface area (Å²) in [6.45, 7) is 7.54. The standard InChI is InChI=1S/C21H28N4O2/c1-16-19(17(2)27-23-16)15-25-20(26)6-8-21(25)7-4-11-24(12-9-21)14-18-5-3-10-22-13-18/h3,5,10,13H,4,6-9,11-12,14-15H2,1-2H3/t21-/m0/s1. The van der Waals surface area contributed by atoms with E-state index in [2.05, 4.69) is 26.0 Å². The molecule has 4 heterocycles. The van der Waals surface area contributed by atoms with Crippen molar-refractivity contribution in [2.75, 3.05) is 13.1 Å². The molecule has 0 aromatic carbocycles. The maximum atomic E-state index is 12.7. The second-order valence-corrected chi connectivity index (χ2v) is 8.00. The molecule has 0 N–H and O–H groups in total. The van der Waals surface area contributed by atoms with Crippen molar-refractivity contribution >= 4 is 5.91 Å². The molecule has 0 aliphatic carbocycles. The molecular formula is C21H28N4O2. The average Bonchev–Trinajstić information content (AvgIpc) is 3.05. The first-order chi connectivity index (χ1) is 13.1. The van der Waals surface area contributed by atoms with E-state index >= 15 is 0 Å². The van der Waals surface area contributed by atoms with Crippen molar-refractivity contribution in [3.05, 3.63) is 47.1 Å². The van der Waals surface area contributed by atoms with Crippen LogP contribution < -0.4 is 0 Å². The van der Waals surface area contributed by atoms with Crippen molar-refractivity contribution in [1.82, 2.24) is 19.9 Å². The van der Waals surface area contributed by atoms with Gasteiger partial charge in [0, 0.05) is 43.0 Å². The van der Waals surface area contributed by atoms with Crippen molar-refractivity contribution in [2.45, 2.75) is 64.6 Å². The highest BCUT2D eigenvalue weighted by molar-refractivity contribution is 5.79. The molecule has 0 bridgehead atoms. The molecule has 2 fully saturated rings. The van der Waals surface area contributed by atoms with Gasteiger partial charge in [-0.15, -0.1) is 0 Å². The third-order valence-electron chi connectivity index (χ3n) is 6.31. The molecule has 2 aliphatic heterocycles. The quantitative estimate of drug-likeness (QED) is 0.829. The zero-order valence-corrected chi connectivity index (χ0v) is 16.3. The largest absolute Gasteiger partial charge is 0.361 e. The number of hydrogen-bond donors (Lipinski definition) is 0. The Kier molecular flexibility index (Phi) is 5.00. The first-order valence-electron chi connectivity index (χ1n) is 9.91. The average molecular weight is 368 g/mol. The lowest BCUT2D eigenvalue weighted by atomic mass is 9.87. The maximum absolute atomic E-state index is 12.7. The summed E-state index contributed by atoms with van der Waals surface area (Å²) in [6, 6.07) is 4.13. The van der Waals surface area contributed by atoms with Gasteiger partial charge in [0.15, 0.2) is 0 Å². The molecule has 2 aliphatic rings. The lowest BCUT2D eigenvalue weighted by molar-refractivity contribution is -0.132. The SMILES string of the molecule is Cc1noc(C)c1CN1C(=O)CC[C@]12CCCN(Cc1cccnc1)CC2. The van der Waals surface area contributed by atoms with Crippen molar-refractivity contribution in [3.8, 4) is 0 Å². The van der Waals surface area contributed by atoms with Crippen LogP contribution in [0.3, 0.4) is 0 Å². The van der Waals surface area contributed by atoms with Gasteiger partial charge >= 0.3 is 0 Å². The molecule has 2 aromatic rings. The fraction of sp³-hybridized carbons (Fsp3) is 0.571. The predicted molar refractivity (Wildman–Crippen MR) is 102 cm³/mol. The number of carbonyl (C=O) groups excluding carboxylic acids is 1. The Bertz CT molecular complexity index is 784. The van der Waals surface area contributed by atoms with E-state index in [-0.39, 0.29) is 11.4 Å². The summed E-state index contributed by atoms with van der Waals surface area (Å²) in [6.07, 6.45) is 8.61. The molecule has 0 radical (unpaired) electrons. The van der Waals surface area contributed by atoms with E-state index in [9.17, 15) is 4.79 Å². The zero-order chi connectivity index (χ0) is 18.9. The fourth-order valence-electron chi connectivity index (χ4n) is 4.68. The Morgan fingerprint density at radius 3 is 2.81 bits per heavy atom. The van der Waals surface area contributed by atoms with Gasteiger partial charge in [-0.1, -0.05) is 11.2 Å². The molecule has 0 saturated carbocycles. The van der Waals surface area contributed by atoms with E-state index in [4.69, 9.17) is 4.52 Å². The van der Waals surface area contributed by atoms with Gasteiger partial charge in [0.2, 0.25) is 5.91 Å². The predicted octanol–water partition coefficient (Wildman–Crippen LogP) is 3.23. The number of carbonyl (C=O) groups is 1. The number of pyridine rings is 1. The highest BCUT2D eigenvalue weighted by Gasteiger charge is 2.46. The Morgan fingerprint density at radius 2 is 2.07 bits per heavy atom. The summed E-state index contributed by atoms with van der Waals surface area (Å²) in [5, 5.41) is 4.07. The summed E-state index contributed by atoms with van der Waals surface area (Å²) in [7, 11) is 0. The van der Waals surface area contributed by atoms with Crippen LogP contribution in [0.5, 0.6) is 0 Å². The van der Waals surface area contributed by atoms with Gasteiger partial charge in [-0.05, 0) is 57.7 Å². The monoisotopic (exact) mass is 368 g/mol. The first kappa shape index (κ1) is 18.2. The van der Waals surface area contributed by atoms with E-state index < -0.39 is 0 Å². The van der Waals surface area contributed by atoms with Crippen molar-refractivity contribution in [2.24, 2.45) is 0 Å². The molecule has 1 spiro atoms. The molecule has 144 valence electrons. The first-order valence-corrected chi connectivity index (χ1v) is 9.91. The zero-order valence-electron chi connectivity index (χ0n) is 16.3. The van der Waals surface area contributed by atoms with Gasteiger partial charge in [-0.25, -0.2) is 0 Å². The minimum Gasteiger partial charge on any atom is -0.361 e. The highest BCUT2D eigenvalue weighted by atomic mass is 16.5. The summed E-state index contributed by atoms with van der Waals surface area (Å²) >= 11 is 0. The van der Waals surface area contributed by atoms with Gasteiger partial charge in [-0.3, -0.25) is 14.7 Å². The molecule has 2 aromatic heterocycles. The molecule has 4 rings (SSSR count). The van der Waals surface area contributed by atoms with Crippen LogP contribution in [0.4, 0.5) is 0 Å². The molecule has 2 saturated heterocycles. The topological polar surface area (TPSA) is 62.5 Å². The number of likely N-dealkylation sites (tertiary alicyclic amines) is 2. The van der Waals surface area contributed by atoms with Crippen molar-refractivity contribution < 1.29 is 9.32 Å². The lowest BCUT2D eigenvalue weighted by Crippen LogP contribution is -2.46. The second-order valence-electron chi connectivity index (χ2n) is 8.00.